The van der Waals surface area contributed by atoms with Gasteiger partial charge in [0.25, 0.3) is 10.0 Å². The van der Waals surface area contributed by atoms with E-state index < -0.39 is 45.7 Å². The third-order valence-electron chi connectivity index (χ3n) is 5.51. The number of fused-ring (bicyclic) bond motifs is 1. The first-order valence-corrected chi connectivity index (χ1v) is 11.9. The van der Waals surface area contributed by atoms with Gasteiger partial charge in [-0.25, -0.2) is 26.3 Å². The molecule has 0 saturated heterocycles. The van der Waals surface area contributed by atoms with E-state index in [0.717, 1.165) is 6.07 Å². The van der Waals surface area contributed by atoms with Crippen molar-refractivity contribution in [3.8, 4) is 0 Å². The van der Waals surface area contributed by atoms with Crippen molar-refractivity contribution >= 4 is 27.6 Å². The van der Waals surface area contributed by atoms with Crippen LogP contribution in [0.15, 0.2) is 77.7 Å². The van der Waals surface area contributed by atoms with Gasteiger partial charge in [-0.3, -0.25) is 4.79 Å². The van der Waals surface area contributed by atoms with Gasteiger partial charge in [0.1, 0.15) is 22.6 Å². The molecule has 0 radical (unpaired) electrons. The summed E-state index contributed by atoms with van der Waals surface area (Å²) in [6.07, 6.45) is -0.111. The number of rotatable bonds is 6. The number of hydrogen-bond acceptors (Lipinski definition) is 4. The van der Waals surface area contributed by atoms with Crippen LogP contribution in [0, 0.1) is 11.6 Å². The second-order valence-corrected chi connectivity index (χ2v) is 9.61. The molecular formula is C24H21F2N3O4S. The quantitative estimate of drug-likeness (QED) is 0.552. The van der Waals surface area contributed by atoms with E-state index in [0.29, 0.717) is 15.9 Å². The van der Waals surface area contributed by atoms with Crippen molar-refractivity contribution in [1.82, 2.24) is 9.62 Å². The first-order chi connectivity index (χ1) is 16.2. The summed E-state index contributed by atoms with van der Waals surface area (Å²) in [5.41, 5.74) is 0.749. The Hall–Kier alpha value is -3.79. The highest BCUT2D eigenvalue weighted by atomic mass is 32.2. The van der Waals surface area contributed by atoms with Crippen LogP contribution in [0.4, 0.5) is 19.3 Å². The van der Waals surface area contributed by atoms with Crippen LogP contribution in [0.1, 0.15) is 24.1 Å². The van der Waals surface area contributed by atoms with E-state index in [1.165, 1.54) is 31.2 Å². The Bertz CT molecular complexity index is 1350. The number of hydrogen-bond donors (Lipinski definition) is 2. The Labute approximate surface area is 195 Å². The maximum absolute atomic E-state index is 14.2. The van der Waals surface area contributed by atoms with Crippen LogP contribution in [0.2, 0.25) is 0 Å². The number of anilines is 1. The van der Waals surface area contributed by atoms with Crippen LogP contribution in [0.5, 0.6) is 0 Å². The molecule has 4 rings (SSSR count). The summed E-state index contributed by atoms with van der Waals surface area (Å²) in [5.74, 6) is -2.43. The molecule has 2 atom stereocenters. The second kappa shape index (κ2) is 9.22. The van der Waals surface area contributed by atoms with Crippen molar-refractivity contribution in [3.05, 3.63) is 95.6 Å². The maximum Gasteiger partial charge on any atom is 0.336 e. The highest BCUT2D eigenvalue weighted by Gasteiger charge is 2.44. The molecule has 2 N–H and O–H groups in total. The minimum atomic E-state index is -4.37. The van der Waals surface area contributed by atoms with Gasteiger partial charge in [0.05, 0.1) is 11.7 Å². The lowest BCUT2D eigenvalue weighted by atomic mass is 10.0. The summed E-state index contributed by atoms with van der Waals surface area (Å²) >= 11 is 0. The van der Waals surface area contributed by atoms with E-state index in [-0.39, 0.29) is 22.6 Å². The van der Waals surface area contributed by atoms with E-state index >= 15 is 0 Å². The zero-order chi connectivity index (χ0) is 24.5. The Kier molecular flexibility index (Phi) is 6.34. The molecule has 3 amide bonds. The molecule has 0 spiro atoms. The smallest absolute Gasteiger partial charge is 0.336 e. The fourth-order valence-corrected chi connectivity index (χ4v) is 5.48. The van der Waals surface area contributed by atoms with E-state index in [9.17, 15) is 26.8 Å². The van der Waals surface area contributed by atoms with Gasteiger partial charge in [0.2, 0.25) is 5.91 Å². The third-order valence-corrected chi connectivity index (χ3v) is 7.36. The number of carbonyl (C=O) groups is 2. The number of para-hydroxylation sites is 1. The van der Waals surface area contributed by atoms with Crippen LogP contribution < -0.4 is 10.6 Å². The predicted molar refractivity (Wildman–Crippen MR) is 121 cm³/mol. The summed E-state index contributed by atoms with van der Waals surface area (Å²) < 4.78 is 54.8. The van der Waals surface area contributed by atoms with Crippen molar-refractivity contribution in [3.63, 3.8) is 0 Å². The van der Waals surface area contributed by atoms with Gasteiger partial charge in [-0.15, -0.1) is 0 Å². The molecular weight excluding hydrogens is 464 g/mol. The molecule has 34 heavy (non-hydrogen) atoms. The number of benzene rings is 3. The van der Waals surface area contributed by atoms with Crippen molar-refractivity contribution in [2.75, 3.05) is 5.32 Å². The Morgan fingerprint density at radius 3 is 2.41 bits per heavy atom. The summed E-state index contributed by atoms with van der Waals surface area (Å²) in [4.78, 5) is 26.1. The number of amides is 3. The van der Waals surface area contributed by atoms with E-state index in [1.807, 2.05) is 0 Å². The lowest BCUT2D eigenvalue weighted by Gasteiger charge is -2.34. The fourth-order valence-electron chi connectivity index (χ4n) is 3.85. The third kappa shape index (κ3) is 4.49. The SMILES string of the molecule is C[C@H](NC(=O)[C@@H](Cc1ccccc1)N1C(=O)Nc2ccccc2S1(=O)=O)c1ccc(F)cc1F. The summed E-state index contributed by atoms with van der Waals surface area (Å²) in [5, 5.41) is 5.08. The van der Waals surface area contributed by atoms with Gasteiger partial charge in [-0.1, -0.05) is 48.5 Å². The Balaban J connectivity index is 1.71. The van der Waals surface area contributed by atoms with Crippen LogP contribution >= 0.6 is 0 Å². The number of nitrogens with zero attached hydrogens (tertiary/aromatic N) is 1. The lowest BCUT2D eigenvalue weighted by molar-refractivity contribution is -0.125. The minimum absolute atomic E-state index is 0.0181. The Morgan fingerprint density at radius 2 is 1.71 bits per heavy atom. The summed E-state index contributed by atoms with van der Waals surface area (Å²) in [7, 11) is -4.37. The highest BCUT2D eigenvalue weighted by Crippen LogP contribution is 2.32. The van der Waals surface area contributed by atoms with Crippen LogP contribution in [0.25, 0.3) is 0 Å². The molecule has 7 nitrogen and oxygen atoms in total. The summed E-state index contributed by atoms with van der Waals surface area (Å²) in [6, 6.07) is 14.1. The molecule has 176 valence electrons. The zero-order valence-corrected chi connectivity index (χ0v) is 18.9. The van der Waals surface area contributed by atoms with Gasteiger partial charge < -0.3 is 10.6 Å². The van der Waals surface area contributed by atoms with E-state index in [4.69, 9.17) is 0 Å². The van der Waals surface area contributed by atoms with Gasteiger partial charge in [0, 0.05) is 18.1 Å². The molecule has 1 aliphatic heterocycles. The lowest BCUT2D eigenvalue weighted by Crippen LogP contribution is -2.56. The van der Waals surface area contributed by atoms with Crippen molar-refractivity contribution in [2.45, 2.75) is 30.3 Å². The molecule has 0 aliphatic carbocycles. The maximum atomic E-state index is 14.2. The van der Waals surface area contributed by atoms with E-state index in [2.05, 4.69) is 10.6 Å². The molecule has 3 aromatic carbocycles. The second-order valence-electron chi connectivity index (χ2n) is 7.83. The number of sulfonamides is 1. The standard InChI is InChI=1S/C24H21F2N3O4S/c1-15(18-12-11-17(25)14-19(18)26)27-23(30)21(13-16-7-3-2-4-8-16)29-24(31)28-20-9-5-6-10-22(20)34(29,32)33/h2-12,14-15,21H,13H2,1H3,(H,27,30)(H,28,31)/t15-,21+/m0/s1. The van der Waals surface area contributed by atoms with Crippen molar-refractivity contribution in [2.24, 2.45) is 0 Å². The topological polar surface area (TPSA) is 95.6 Å². The molecule has 0 bridgehead atoms. The average molecular weight is 486 g/mol. The largest absolute Gasteiger partial charge is 0.348 e. The molecule has 0 saturated carbocycles. The number of halogens is 2. The van der Waals surface area contributed by atoms with Crippen LogP contribution in [0.3, 0.4) is 0 Å². The number of carbonyl (C=O) groups excluding carboxylic acids is 2. The minimum Gasteiger partial charge on any atom is -0.348 e. The first kappa shape index (κ1) is 23.4. The van der Waals surface area contributed by atoms with Crippen molar-refractivity contribution in [1.29, 1.82) is 0 Å². The van der Waals surface area contributed by atoms with Crippen molar-refractivity contribution < 1.29 is 26.8 Å². The monoisotopic (exact) mass is 485 g/mol. The number of nitrogens with one attached hydrogen (secondary N) is 2. The van der Waals surface area contributed by atoms with Crippen LogP contribution in [-0.4, -0.2) is 30.7 Å². The van der Waals surface area contributed by atoms with Gasteiger partial charge >= 0.3 is 6.03 Å². The predicted octanol–water partition coefficient (Wildman–Crippen LogP) is 3.99. The molecule has 3 aromatic rings. The van der Waals surface area contributed by atoms with Crippen LogP contribution in [-0.2, 0) is 21.2 Å². The molecule has 0 aromatic heterocycles. The molecule has 1 heterocycles. The molecule has 10 heteroatoms. The summed E-state index contributed by atoms with van der Waals surface area (Å²) in [6.45, 7) is 1.48. The fraction of sp³-hybridized carbons (Fsp3) is 0.167. The average Bonchev–Trinajstić information content (AvgIpc) is 2.78. The van der Waals surface area contributed by atoms with Gasteiger partial charge in [-0.05, 0) is 30.7 Å². The van der Waals surface area contributed by atoms with Gasteiger partial charge in [-0.2, -0.15) is 0 Å². The number of urea groups is 1. The van der Waals surface area contributed by atoms with E-state index in [1.54, 1.807) is 36.4 Å². The molecule has 0 unspecified atom stereocenters. The highest BCUT2D eigenvalue weighted by molar-refractivity contribution is 7.90. The normalized spacial score (nSPS) is 16.2. The Morgan fingerprint density at radius 1 is 1.03 bits per heavy atom. The zero-order valence-electron chi connectivity index (χ0n) is 18.0. The molecule has 0 fully saturated rings. The van der Waals surface area contributed by atoms with Gasteiger partial charge in [0.15, 0.2) is 0 Å². The molecule has 1 aliphatic rings. The first-order valence-electron chi connectivity index (χ1n) is 10.4.